The maximum absolute atomic E-state index is 12.2. The SMILES string of the molecule is CCc1ccc(C(C)NC(=O)CNS(=O)(=O)c2ccc(OC(F)(F)F)cc2)cc1. The molecule has 0 heterocycles. The van der Waals surface area contributed by atoms with Crippen LogP contribution in [0.1, 0.15) is 31.0 Å². The number of carbonyl (C=O) groups excluding carboxylic acids is 1. The maximum atomic E-state index is 12.2. The molecule has 0 aliphatic carbocycles. The Kier molecular flexibility index (Phi) is 7.26. The Morgan fingerprint density at radius 1 is 1.07 bits per heavy atom. The minimum Gasteiger partial charge on any atom is -0.406 e. The molecule has 0 fully saturated rings. The first-order valence-electron chi connectivity index (χ1n) is 8.74. The molecule has 0 saturated heterocycles. The zero-order valence-corrected chi connectivity index (χ0v) is 16.6. The quantitative estimate of drug-likeness (QED) is 0.673. The van der Waals surface area contributed by atoms with E-state index in [0.29, 0.717) is 0 Å². The van der Waals surface area contributed by atoms with Gasteiger partial charge in [-0.05, 0) is 48.7 Å². The molecule has 2 aromatic rings. The number of carbonyl (C=O) groups is 1. The highest BCUT2D eigenvalue weighted by Crippen LogP contribution is 2.23. The Balaban J connectivity index is 1.92. The summed E-state index contributed by atoms with van der Waals surface area (Å²) < 4.78 is 66.7. The molecular formula is C19H21F3N2O4S. The summed E-state index contributed by atoms with van der Waals surface area (Å²) >= 11 is 0. The van der Waals surface area contributed by atoms with Gasteiger partial charge in [-0.15, -0.1) is 13.2 Å². The van der Waals surface area contributed by atoms with Gasteiger partial charge in [0.25, 0.3) is 0 Å². The van der Waals surface area contributed by atoms with Crippen LogP contribution in [-0.4, -0.2) is 27.2 Å². The molecule has 6 nitrogen and oxygen atoms in total. The third-order valence-electron chi connectivity index (χ3n) is 4.06. The molecule has 2 rings (SSSR count). The predicted molar refractivity (Wildman–Crippen MR) is 101 cm³/mol. The lowest BCUT2D eigenvalue weighted by Crippen LogP contribution is -2.38. The van der Waals surface area contributed by atoms with E-state index < -0.39 is 34.6 Å². The van der Waals surface area contributed by atoms with E-state index >= 15 is 0 Å². The number of hydrogen-bond acceptors (Lipinski definition) is 4. The highest BCUT2D eigenvalue weighted by atomic mass is 32.2. The van der Waals surface area contributed by atoms with Crippen molar-refractivity contribution in [2.24, 2.45) is 0 Å². The van der Waals surface area contributed by atoms with Crippen molar-refractivity contribution in [3.8, 4) is 5.75 Å². The number of amides is 1. The summed E-state index contributed by atoms with van der Waals surface area (Å²) in [6, 6.07) is 11.0. The van der Waals surface area contributed by atoms with E-state index in [-0.39, 0.29) is 10.9 Å². The van der Waals surface area contributed by atoms with Crippen LogP contribution in [0.15, 0.2) is 53.4 Å². The minimum atomic E-state index is -4.87. The van der Waals surface area contributed by atoms with Crippen LogP contribution in [0.3, 0.4) is 0 Å². The normalized spacial score (nSPS) is 13.0. The van der Waals surface area contributed by atoms with Gasteiger partial charge in [0.05, 0.1) is 17.5 Å². The molecule has 0 aromatic heterocycles. The van der Waals surface area contributed by atoms with E-state index in [4.69, 9.17) is 0 Å². The van der Waals surface area contributed by atoms with Gasteiger partial charge in [0.1, 0.15) is 5.75 Å². The van der Waals surface area contributed by atoms with Gasteiger partial charge < -0.3 is 10.1 Å². The summed E-state index contributed by atoms with van der Waals surface area (Å²) in [6.07, 6.45) is -3.98. The van der Waals surface area contributed by atoms with Crippen LogP contribution < -0.4 is 14.8 Å². The third kappa shape index (κ3) is 7.06. The van der Waals surface area contributed by atoms with Crippen LogP contribution in [-0.2, 0) is 21.2 Å². The van der Waals surface area contributed by atoms with Gasteiger partial charge in [-0.25, -0.2) is 13.1 Å². The fourth-order valence-electron chi connectivity index (χ4n) is 2.48. The highest BCUT2D eigenvalue weighted by Gasteiger charge is 2.31. The summed E-state index contributed by atoms with van der Waals surface area (Å²) in [5, 5.41) is 2.68. The van der Waals surface area contributed by atoms with Crippen molar-refractivity contribution in [1.82, 2.24) is 10.0 Å². The summed E-state index contributed by atoms with van der Waals surface area (Å²) in [7, 11) is -4.07. The first-order valence-corrected chi connectivity index (χ1v) is 10.2. The van der Waals surface area contributed by atoms with Crippen molar-refractivity contribution in [2.45, 2.75) is 37.6 Å². The molecule has 1 unspecified atom stereocenters. The van der Waals surface area contributed by atoms with Crippen LogP contribution >= 0.6 is 0 Å². The summed E-state index contributed by atoms with van der Waals surface area (Å²) in [4.78, 5) is 11.8. The first kappa shape index (κ1) is 22.7. The summed E-state index contributed by atoms with van der Waals surface area (Å²) in [5.74, 6) is -1.09. The molecule has 29 heavy (non-hydrogen) atoms. The number of aryl methyl sites for hydroxylation is 1. The van der Waals surface area contributed by atoms with Gasteiger partial charge in [-0.1, -0.05) is 31.2 Å². The van der Waals surface area contributed by atoms with Gasteiger partial charge in [0.15, 0.2) is 0 Å². The van der Waals surface area contributed by atoms with Crippen molar-refractivity contribution in [3.63, 3.8) is 0 Å². The Hall–Kier alpha value is -2.59. The van der Waals surface area contributed by atoms with Crippen molar-refractivity contribution in [3.05, 3.63) is 59.7 Å². The standard InChI is InChI=1S/C19H21F3N2O4S/c1-3-14-4-6-15(7-5-14)13(2)24-18(25)12-23-29(26,27)17-10-8-16(9-11-17)28-19(20,21)22/h4-11,13,23H,3,12H2,1-2H3,(H,24,25). The van der Waals surface area contributed by atoms with E-state index in [1.165, 1.54) is 0 Å². The molecular weight excluding hydrogens is 409 g/mol. The van der Waals surface area contributed by atoms with E-state index in [2.05, 4.69) is 14.8 Å². The van der Waals surface area contributed by atoms with E-state index in [0.717, 1.165) is 41.8 Å². The summed E-state index contributed by atoms with van der Waals surface area (Å²) in [5.41, 5.74) is 2.03. The number of halogens is 3. The number of rotatable bonds is 8. The Bertz CT molecular complexity index is 927. The molecule has 158 valence electrons. The van der Waals surface area contributed by atoms with Crippen molar-refractivity contribution < 1.29 is 31.1 Å². The molecule has 0 spiro atoms. The number of ether oxygens (including phenoxy) is 1. The largest absolute Gasteiger partial charge is 0.573 e. The van der Waals surface area contributed by atoms with Gasteiger partial charge in [-0.2, -0.15) is 0 Å². The molecule has 10 heteroatoms. The van der Waals surface area contributed by atoms with Gasteiger partial charge in [-0.3, -0.25) is 4.79 Å². The number of hydrogen-bond donors (Lipinski definition) is 2. The second-order valence-electron chi connectivity index (χ2n) is 6.23. The zero-order chi connectivity index (χ0) is 21.7. The van der Waals surface area contributed by atoms with Crippen LogP contribution in [0.5, 0.6) is 5.75 Å². The van der Waals surface area contributed by atoms with Crippen molar-refractivity contribution in [2.75, 3.05) is 6.54 Å². The molecule has 2 N–H and O–H groups in total. The number of nitrogens with one attached hydrogen (secondary N) is 2. The molecule has 0 saturated carbocycles. The fraction of sp³-hybridized carbons (Fsp3) is 0.316. The Labute approximate surface area is 167 Å². The third-order valence-corrected chi connectivity index (χ3v) is 5.47. The molecule has 0 radical (unpaired) electrons. The Morgan fingerprint density at radius 2 is 1.66 bits per heavy atom. The molecule has 0 bridgehead atoms. The second-order valence-corrected chi connectivity index (χ2v) is 8.00. The number of sulfonamides is 1. The van der Waals surface area contributed by atoms with Crippen LogP contribution in [0.2, 0.25) is 0 Å². The van der Waals surface area contributed by atoms with Crippen LogP contribution in [0.25, 0.3) is 0 Å². The van der Waals surface area contributed by atoms with Crippen LogP contribution in [0, 0.1) is 0 Å². The van der Waals surface area contributed by atoms with Crippen molar-refractivity contribution >= 4 is 15.9 Å². The number of alkyl halides is 3. The predicted octanol–water partition coefficient (Wildman–Crippen LogP) is 3.30. The number of benzene rings is 2. The monoisotopic (exact) mass is 430 g/mol. The van der Waals surface area contributed by atoms with E-state index in [1.807, 2.05) is 31.2 Å². The summed E-state index contributed by atoms with van der Waals surface area (Å²) in [6.45, 7) is 3.29. The van der Waals surface area contributed by atoms with Gasteiger partial charge >= 0.3 is 6.36 Å². The minimum absolute atomic E-state index is 0.289. The zero-order valence-electron chi connectivity index (χ0n) is 15.8. The molecule has 1 amide bonds. The first-order chi connectivity index (χ1) is 13.5. The average Bonchev–Trinajstić information content (AvgIpc) is 2.65. The molecule has 0 aliphatic heterocycles. The maximum Gasteiger partial charge on any atom is 0.573 e. The lowest BCUT2D eigenvalue weighted by molar-refractivity contribution is -0.274. The van der Waals surface area contributed by atoms with Crippen molar-refractivity contribution in [1.29, 1.82) is 0 Å². The van der Waals surface area contributed by atoms with Gasteiger partial charge in [0, 0.05) is 0 Å². The second kappa shape index (κ2) is 9.27. The van der Waals surface area contributed by atoms with Gasteiger partial charge in [0.2, 0.25) is 15.9 Å². The van der Waals surface area contributed by atoms with E-state index in [9.17, 15) is 26.4 Å². The van der Waals surface area contributed by atoms with E-state index in [1.54, 1.807) is 6.92 Å². The Morgan fingerprint density at radius 3 is 2.17 bits per heavy atom. The van der Waals surface area contributed by atoms with Crippen LogP contribution in [0.4, 0.5) is 13.2 Å². The molecule has 0 aliphatic rings. The topological polar surface area (TPSA) is 84.5 Å². The lowest BCUT2D eigenvalue weighted by Gasteiger charge is -2.15. The highest BCUT2D eigenvalue weighted by molar-refractivity contribution is 7.89. The molecule has 2 aromatic carbocycles. The average molecular weight is 430 g/mol. The molecule has 1 atom stereocenters. The smallest absolute Gasteiger partial charge is 0.406 e. The fourth-order valence-corrected chi connectivity index (χ4v) is 3.46. The lowest BCUT2D eigenvalue weighted by atomic mass is 10.1.